The van der Waals surface area contributed by atoms with Gasteiger partial charge in [-0.15, -0.1) is 0 Å². The van der Waals surface area contributed by atoms with Gasteiger partial charge in [0.15, 0.2) is 19.7 Å². The topological polar surface area (TPSA) is 76.6 Å². The molecule has 0 spiro atoms. The number of aromatic hydroxyl groups is 2. The second-order valence-corrected chi connectivity index (χ2v) is 4.97. The van der Waals surface area contributed by atoms with E-state index in [1.54, 1.807) is 24.9 Å². The van der Waals surface area contributed by atoms with Crippen LogP contribution in [0.15, 0.2) is 22.8 Å². The molecule has 0 radical (unpaired) electrons. The van der Waals surface area contributed by atoms with E-state index < -0.39 is 0 Å². The minimum absolute atomic E-state index is 0.00626. The lowest BCUT2D eigenvalue weighted by Crippen LogP contribution is -2.49. The molecule has 0 aromatic carbocycles. The second-order valence-electron chi connectivity index (χ2n) is 4.97. The SMILES string of the molecule is C[n+]1c(O)c2c([n+](C)c1O)NCN(Cc1ccco1)C2. The van der Waals surface area contributed by atoms with E-state index in [1.165, 1.54) is 4.57 Å². The molecule has 3 rings (SSSR count). The van der Waals surface area contributed by atoms with Gasteiger partial charge in [-0.2, -0.15) is 0 Å². The smallest absolute Gasteiger partial charge is 0.468 e. The molecule has 0 unspecified atom stereocenters. The average molecular weight is 278 g/mol. The predicted octanol–water partition coefficient (Wildman–Crippen LogP) is -0.275. The monoisotopic (exact) mass is 278 g/mol. The van der Waals surface area contributed by atoms with E-state index >= 15 is 0 Å². The van der Waals surface area contributed by atoms with Gasteiger partial charge < -0.3 is 19.9 Å². The van der Waals surface area contributed by atoms with Crippen molar-refractivity contribution in [3.63, 3.8) is 0 Å². The van der Waals surface area contributed by atoms with Crippen LogP contribution in [-0.4, -0.2) is 21.8 Å². The molecule has 0 aliphatic carbocycles. The Hall–Kier alpha value is -2.28. The molecule has 7 nitrogen and oxygen atoms in total. The van der Waals surface area contributed by atoms with Crippen LogP contribution in [0.4, 0.5) is 5.82 Å². The highest BCUT2D eigenvalue weighted by atomic mass is 16.3. The molecule has 1 aliphatic heterocycles. The van der Waals surface area contributed by atoms with Gasteiger partial charge >= 0.3 is 11.9 Å². The van der Waals surface area contributed by atoms with Gasteiger partial charge in [-0.05, 0) is 12.1 Å². The third-order valence-corrected chi connectivity index (χ3v) is 3.62. The van der Waals surface area contributed by atoms with Crippen LogP contribution in [0.5, 0.6) is 11.9 Å². The van der Waals surface area contributed by atoms with E-state index in [4.69, 9.17) is 4.42 Å². The van der Waals surface area contributed by atoms with Crippen molar-refractivity contribution in [3.8, 4) is 11.9 Å². The van der Waals surface area contributed by atoms with Gasteiger partial charge in [-0.25, -0.2) is 0 Å². The number of anilines is 1. The summed E-state index contributed by atoms with van der Waals surface area (Å²) in [4.78, 5) is 2.11. The van der Waals surface area contributed by atoms with Gasteiger partial charge in [-0.1, -0.05) is 9.13 Å². The van der Waals surface area contributed by atoms with Crippen molar-refractivity contribution < 1.29 is 23.8 Å². The average Bonchev–Trinajstić information content (AvgIpc) is 2.95. The quantitative estimate of drug-likeness (QED) is 0.659. The number of rotatable bonds is 2. The van der Waals surface area contributed by atoms with E-state index in [2.05, 4.69) is 10.2 Å². The summed E-state index contributed by atoms with van der Waals surface area (Å²) in [6, 6.07) is 3.77. The predicted molar refractivity (Wildman–Crippen MR) is 68.6 cm³/mol. The lowest BCUT2D eigenvalue weighted by Gasteiger charge is -2.25. The Balaban J connectivity index is 1.91. The Bertz CT molecular complexity index is 640. The Morgan fingerprint density at radius 3 is 2.85 bits per heavy atom. The Kier molecular flexibility index (Phi) is 2.98. The molecule has 0 fully saturated rings. The van der Waals surface area contributed by atoms with E-state index in [0.29, 0.717) is 19.8 Å². The van der Waals surface area contributed by atoms with Crippen LogP contribution in [0, 0.1) is 0 Å². The molecule has 2 aromatic rings. The highest BCUT2D eigenvalue weighted by Gasteiger charge is 2.37. The lowest BCUT2D eigenvalue weighted by atomic mass is 10.2. The molecule has 0 saturated carbocycles. The van der Waals surface area contributed by atoms with Crippen molar-refractivity contribution in [1.82, 2.24) is 4.90 Å². The first kappa shape index (κ1) is 12.7. The Morgan fingerprint density at radius 1 is 1.35 bits per heavy atom. The minimum atomic E-state index is -0.00626. The molecule has 1 aliphatic rings. The van der Waals surface area contributed by atoms with E-state index in [-0.39, 0.29) is 11.9 Å². The summed E-state index contributed by atoms with van der Waals surface area (Å²) < 4.78 is 8.32. The van der Waals surface area contributed by atoms with Crippen molar-refractivity contribution >= 4 is 5.82 Å². The number of aromatic nitrogens is 2. The largest absolute Gasteiger partial charge is 0.632 e. The highest BCUT2D eigenvalue weighted by molar-refractivity contribution is 5.44. The summed E-state index contributed by atoms with van der Waals surface area (Å²) in [5, 5.41) is 23.3. The first-order valence-corrected chi connectivity index (χ1v) is 6.39. The van der Waals surface area contributed by atoms with Gasteiger partial charge in [0.1, 0.15) is 5.76 Å². The minimum Gasteiger partial charge on any atom is -0.468 e. The summed E-state index contributed by atoms with van der Waals surface area (Å²) in [5.41, 5.74) is 0.755. The first-order chi connectivity index (χ1) is 9.58. The number of furan rings is 1. The van der Waals surface area contributed by atoms with E-state index in [9.17, 15) is 10.2 Å². The molecule has 0 amide bonds. The summed E-state index contributed by atoms with van der Waals surface area (Å²) >= 11 is 0. The van der Waals surface area contributed by atoms with Crippen molar-refractivity contribution in [3.05, 3.63) is 29.7 Å². The normalized spacial score (nSPS) is 14.9. The standard InChI is InChI=1S/C13H16N4O3/c1-15-11-10(12(18)16(2)13(15)19)7-17(8-14-11)6-9-4-3-5-20-9/h3-5H,6-8H2,1-2H3,(H,14,18)/p+2. The molecule has 0 atom stereocenters. The van der Waals surface area contributed by atoms with Crippen LogP contribution in [-0.2, 0) is 27.2 Å². The summed E-state index contributed by atoms with van der Waals surface area (Å²) in [6.45, 7) is 1.86. The number of fused-ring (bicyclic) bond motifs is 1. The number of hydrogen-bond acceptors (Lipinski definition) is 5. The van der Waals surface area contributed by atoms with Crippen molar-refractivity contribution in [2.24, 2.45) is 14.1 Å². The van der Waals surface area contributed by atoms with Gasteiger partial charge in [0.2, 0.25) is 0 Å². The van der Waals surface area contributed by atoms with Gasteiger partial charge in [-0.3, -0.25) is 4.90 Å². The fourth-order valence-electron chi connectivity index (χ4n) is 2.50. The Morgan fingerprint density at radius 2 is 2.15 bits per heavy atom. The fourth-order valence-corrected chi connectivity index (χ4v) is 2.50. The maximum Gasteiger partial charge on any atom is 0.632 e. The molecule has 3 N–H and O–H groups in total. The second kappa shape index (κ2) is 4.68. The van der Waals surface area contributed by atoms with E-state index in [1.807, 2.05) is 12.1 Å². The zero-order chi connectivity index (χ0) is 14.3. The zero-order valence-electron chi connectivity index (χ0n) is 11.5. The molecule has 106 valence electrons. The van der Waals surface area contributed by atoms with Gasteiger partial charge in [0.05, 0.1) is 19.5 Å². The number of nitrogens with one attached hydrogen (secondary N) is 1. The maximum atomic E-state index is 10.2. The Labute approximate surface area is 116 Å². The van der Waals surface area contributed by atoms with Crippen LogP contribution in [0.25, 0.3) is 0 Å². The molecule has 20 heavy (non-hydrogen) atoms. The van der Waals surface area contributed by atoms with Crippen molar-refractivity contribution in [1.29, 1.82) is 0 Å². The first-order valence-electron chi connectivity index (χ1n) is 6.39. The van der Waals surface area contributed by atoms with Crippen LogP contribution in [0.2, 0.25) is 0 Å². The van der Waals surface area contributed by atoms with Crippen LogP contribution in [0.3, 0.4) is 0 Å². The van der Waals surface area contributed by atoms with Crippen molar-refractivity contribution in [2.75, 3.05) is 12.0 Å². The fraction of sp³-hybridized carbons (Fsp3) is 0.385. The summed E-state index contributed by atoms with van der Waals surface area (Å²) in [5.74, 6) is 1.67. The molecule has 7 heteroatoms. The van der Waals surface area contributed by atoms with Crippen LogP contribution in [0.1, 0.15) is 11.3 Å². The van der Waals surface area contributed by atoms with Crippen molar-refractivity contribution in [2.45, 2.75) is 13.1 Å². The molecule has 0 bridgehead atoms. The molecule has 0 saturated heterocycles. The van der Waals surface area contributed by atoms with E-state index in [0.717, 1.165) is 17.1 Å². The number of hydrogen-bond donors (Lipinski definition) is 3. The van der Waals surface area contributed by atoms with Crippen LogP contribution >= 0.6 is 0 Å². The third kappa shape index (κ3) is 1.96. The maximum absolute atomic E-state index is 10.2. The lowest BCUT2D eigenvalue weighted by molar-refractivity contribution is -0.807. The van der Waals surface area contributed by atoms with Gasteiger partial charge in [0, 0.05) is 6.54 Å². The molecular weight excluding hydrogens is 260 g/mol. The molecule has 3 heterocycles. The summed E-state index contributed by atoms with van der Waals surface area (Å²) in [6.07, 6.45) is 1.65. The summed E-state index contributed by atoms with van der Waals surface area (Å²) in [7, 11) is 3.37. The number of nitrogens with zero attached hydrogens (tertiary/aromatic N) is 3. The zero-order valence-corrected chi connectivity index (χ0v) is 11.5. The third-order valence-electron chi connectivity index (χ3n) is 3.62. The molecular formula is C13H18N4O3+2. The highest BCUT2D eigenvalue weighted by Crippen LogP contribution is 2.26. The molecule has 2 aromatic heterocycles. The van der Waals surface area contributed by atoms with Crippen LogP contribution < -0.4 is 14.5 Å². The van der Waals surface area contributed by atoms with Gasteiger partial charge in [0.25, 0.3) is 5.82 Å².